The second-order valence-corrected chi connectivity index (χ2v) is 5.55. The molecule has 0 aromatic carbocycles. The van der Waals surface area contributed by atoms with Gasteiger partial charge in [-0.05, 0) is 19.8 Å². The molecular weight excluding hydrogens is 252 g/mol. The van der Waals surface area contributed by atoms with Gasteiger partial charge in [0.1, 0.15) is 11.6 Å². The van der Waals surface area contributed by atoms with E-state index in [-0.39, 0.29) is 6.61 Å². The zero-order chi connectivity index (χ0) is 14.4. The van der Waals surface area contributed by atoms with Crippen molar-refractivity contribution in [3.8, 4) is 0 Å². The molecule has 2 rings (SSSR count). The third kappa shape index (κ3) is 4.15. The van der Waals surface area contributed by atoms with Crippen molar-refractivity contribution in [1.29, 1.82) is 0 Å². The lowest BCUT2D eigenvalue weighted by atomic mass is 9.94. The maximum absolute atomic E-state index is 9.31. The van der Waals surface area contributed by atoms with E-state index in [9.17, 15) is 5.11 Å². The molecule has 0 spiro atoms. The summed E-state index contributed by atoms with van der Waals surface area (Å²) in [5, 5.41) is 12.4. The largest absolute Gasteiger partial charge is 0.395 e. The molecule has 112 valence electrons. The number of aryl methyl sites for hydroxylation is 1. The number of hydrogen-bond donors (Lipinski definition) is 2. The normalized spacial score (nSPS) is 16.6. The molecule has 0 saturated heterocycles. The first-order chi connectivity index (χ1) is 9.72. The van der Waals surface area contributed by atoms with E-state index >= 15 is 0 Å². The minimum absolute atomic E-state index is 0.196. The number of aliphatic hydroxyl groups excluding tert-OH is 1. The molecule has 0 aliphatic heterocycles. The quantitative estimate of drug-likeness (QED) is 0.833. The van der Waals surface area contributed by atoms with Gasteiger partial charge in [-0.25, -0.2) is 9.97 Å². The minimum Gasteiger partial charge on any atom is -0.395 e. The van der Waals surface area contributed by atoms with Gasteiger partial charge in [0.25, 0.3) is 0 Å². The highest BCUT2D eigenvalue weighted by Crippen LogP contribution is 2.23. The van der Waals surface area contributed by atoms with Crippen LogP contribution in [-0.2, 0) is 6.54 Å². The summed E-state index contributed by atoms with van der Waals surface area (Å²) in [5.41, 5.74) is 0.979. The number of nitrogens with one attached hydrogen (secondary N) is 1. The van der Waals surface area contributed by atoms with Crippen LogP contribution in [0.1, 0.15) is 43.6 Å². The SMILES string of the molecule is CNc1cc(C)nc(CN(CCO)C2CCCCC2)n1. The van der Waals surface area contributed by atoms with Gasteiger partial charge < -0.3 is 10.4 Å². The van der Waals surface area contributed by atoms with Crippen molar-refractivity contribution in [2.75, 3.05) is 25.5 Å². The molecule has 0 atom stereocenters. The van der Waals surface area contributed by atoms with Crippen LogP contribution >= 0.6 is 0 Å². The van der Waals surface area contributed by atoms with Crippen molar-refractivity contribution in [3.63, 3.8) is 0 Å². The van der Waals surface area contributed by atoms with Gasteiger partial charge in [-0.2, -0.15) is 0 Å². The van der Waals surface area contributed by atoms with Crippen LogP contribution in [-0.4, -0.2) is 46.2 Å². The van der Waals surface area contributed by atoms with E-state index < -0.39 is 0 Å². The first-order valence-electron chi connectivity index (χ1n) is 7.60. The van der Waals surface area contributed by atoms with E-state index in [1.165, 1.54) is 32.1 Å². The fraction of sp³-hybridized carbons (Fsp3) is 0.733. The molecular formula is C15H26N4O. The van der Waals surface area contributed by atoms with E-state index in [4.69, 9.17) is 0 Å². The van der Waals surface area contributed by atoms with Crippen LogP contribution in [0.3, 0.4) is 0 Å². The van der Waals surface area contributed by atoms with Gasteiger partial charge in [0, 0.05) is 31.4 Å². The summed E-state index contributed by atoms with van der Waals surface area (Å²) < 4.78 is 0. The Morgan fingerprint density at radius 1 is 1.30 bits per heavy atom. The molecule has 1 saturated carbocycles. The molecule has 5 nitrogen and oxygen atoms in total. The number of nitrogens with zero attached hydrogens (tertiary/aromatic N) is 3. The van der Waals surface area contributed by atoms with Crippen molar-refractivity contribution in [1.82, 2.24) is 14.9 Å². The van der Waals surface area contributed by atoms with E-state index in [0.717, 1.165) is 23.9 Å². The maximum Gasteiger partial charge on any atom is 0.144 e. The zero-order valence-corrected chi connectivity index (χ0v) is 12.6. The lowest BCUT2D eigenvalue weighted by Crippen LogP contribution is -2.38. The molecule has 1 aromatic rings. The lowest BCUT2D eigenvalue weighted by Gasteiger charge is -2.33. The Morgan fingerprint density at radius 3 is 2.70 bits per heavy atom. The molecule has 1 aliphatic rings. The average molecular weight is 278 g/mol. The van der Waals surface area contributed by atoms with E-state index in [2.05, 4.69) is 20.2 Å². The highest BCUT2D eigenvalue weighted by Gasteiger charge is 2.21. The van der Waals surface area contributed by atoms with Gasteiger partial charge in [-0.15, -0.1) is 0 Å². The molecule has 1 fully saturated rings. The smallest absolute Gasteiger partial charge is 0.144 e. The van der Waals surface area contributed by atoms with E-state index in [1.54, 1.807) is 0 Å². The molecule has 1 aliphatic carbocycles. The van der Waals surface area contributed by atoms with Gasteiger partial charge in [-0.1, -0.05) is 19.3 Å². The Kier molecular flexibility index (Phi) is 5.73. The highest BCUT2D eigenvalue weighted by atomic mass is 16.3. The predicted molar refractivity (Wildman–Crippen MR) is 80.7 cm³/mol. The Labute approximate surface area is 121 Å². The Morgan fingerprint density at radius 2 is 2.05 bits per heavy atom. The summed E-state index contributed by atoms with van der Waals surface area (Å²) >= 11 is 0. The van der Waals surface area contributed by atoms with Crippen molar-refractivity contribution in [2.24, 2.45) is 0 Å². The molecule has 0 amide bonds. The number of aliphatic hydroxyl groups is 1. The Hall–Kier alpha value is -1.20. The summed E-state index contributed by atoms with van der Waals surface area (Å²) in [7, 11) is 1.87. The summed E-state index contributed by atoms with van der Waals surface area (Å²) in [6, 6.07) is 2.51. The van der Waals surface area contributed by atoms with Crippen LogP contribution in [0.4, 0.5) is 5.82 Å². The number of rotatable bonds is 6. The van der Waals surface area contributed by atoms with Crippen LogP contribution in [0.15, 0.2) is 6.07 Å². The minimum atomic E-state index is 0.196. The van der Waals surface area contributed by atoms with Gasteiger partial charge in [-0.3, -0.25) is 4.90 Å². The van der Waals surface area contributed by atoms with Crippen LogP contribution in [0.25, 0.3) is 0 Å². The fourth-order valence-electron chi connectivity index (χ4n) is 2.98. The molecule has 2 N–H and O–H groups in total. The maximum atomic E-state index is 9.31. The molecule has 1 heterocycles. The number of anilines is 1. The summed E-state index contributed by atoms with van der Waals surface area (Å²) in [5.74, 6) is 1.70. The molecule has 20 heavy (non-hydrogen) atoms. The average Bonchev–Trinajstić information content (AvgIpc) is 2.47. The molecule has 0 unspecified atom stereocenters. The summed E-state index contributed by atoms with van der Waals surface area (Å²) in [6.07, 6.45) is 6.38. The van der Waals surface area contributed by atoms with Crippen LogP contribution < -0.4 is 5.32 Å². The summed E-state index contributed by atoms with van der Waals surface area (Å²) in [4.78, 5) is 11.4. The predicted octanol–water partition coefficient (Wildman–Crippen LogP) is 1.95. The van der Waals surface area contributed by atoms with Gasteiger partial charge in [0.2, 0.25) is 0 Å². The second kappa shape index (κ2) is 7.55. The lowest BCUT2D eigenvalue weighted by molar-refractivity contribution is 0.114. The van der Waals surface area contributed by atoms with Crippen molar-refractivity contribution < 1.29 is 5.11 Å². The molecule has 1 aromatic heterocycles. The van der Waals surface area contributed by atoms with Gasteiger partial charge in [0.15, 0.2) is 0 Å². The molecule has 0 bridgehead atoms. The summed E-state index contributed by atoms with van der Waals surface area (Å²) in [6.45, 7) is 3.61. The van der Waals surface area contributed by atoms with Gasteiger partial charge in [0.05, 0.1) is 13.2 Å². The third-order valence-electron chi connectivity index (χ3n) is 3.98. The fourth-order valence-corrected chi connectivity index (χ4v) is 2.98. The van der Waals surface area contributed by atoms with E-state index in [0.29, 0.717) is 12.6 Å². The van der Waals surface area contributed by atoms with Crippen molar-refractivity contribution in [2.45, 2.75) is 51.6 Å². The first kappa shape index (κ1) is 15.2. The molecule has 5 heteroatoms. The van der Waals surface area contributed by atoms with Crippen LogP contribution in [0, 0.1) is 6.92 Å². The zero-order valence-electron chi connectivity index (χ0n) is 12.6. The monoisotopic (exact) mass is 278 g/mol. The Balaban J connectivity index is 2.08. The molecule has 0 radical (unpaired) electrons. The number of hydrogen-bond acceptors (Lipinski definition) is 5. The topological polar surface area (TPSA) is 61.3 Å². The number of aromatic nitrogens is 2. The van der Waals surface area contributed by atoms with Crippen molar-refractivity contribution >= 4 is 5.82 Å². The van der Waals surface area contributed by atoms with Crippen LogP contribution in [0.5, 0.6) is 0 Å². The standard InChI is InChI=1S/C15H26N4O/c1-12-10-14(16-2)18-15(17-12)11-19(8-9-20)13-6-4-3-5-7-13/h10,13,20H,3-9,11H2,1-2H3,(H,16,17,18). The van der Waals surface area contributed by atoms with Gasteiger partial charge >= 0.3 is 0 Å². The first-order valence-corrected chi connectivity index (χ1v) is 7.60. The van der Waals surface area contributed by atoms with Crippen molar-refractivity contribution in [3.05, 3.63) is 17.6 Å². The third-order valence-corrected chi connectivity index (χ3v) is 3.98. The highest BCUT2D eigenvalue weighted by molar-refractivity contribution is 5.34. The van der Waals surface area contributed by atoms with E-state index in [1.807, 2.05) is 20.0 Å². The second-order valence-electron chi connectivity index (χ2n) is 5.55. The van der Waals surface area contributed by atoms with Crippen LogP contribution in [0.2, 0.25) is 0 Å². The Bertz CT molecular complexity index is 418.